The molecule has 18 heavy (non-hydrogen) atoms. The number of benzene rings is 1. The number of ether oxygens (including phenoxy) is 2. The third kappa shape index (κ3) is 2.07. The Morgan fingerprint density at radius 2 is 1.89 bits per heavy atom. The van der Waals surface area contributed by atoms with Crippen LogP contribution in [0.15, 0.2) is 28.7 Å². The summed E-state index contributed by atoms with van der Waals surface area (Å²) in [5.41, 5.74) is 1.03. The number of carbonyl (C=O) groups excluding carboxylic acids is 2. The summed E-state index contributed by atoms with van der Waals surface area (Å²) in [6.07, 6.45) is -0.0298. The lowest BCUT2D eigenvalue weighted by molar-refractivity contribution is -0.139. The maximum atomic E-state index is 11.6. The first kappa shape index (κ1) is 12.2. The molecule has 5 heteroatoms. The third-order valence-corrected chi connectivity index (χ3v) is 2.62. The number of hydrogen-bond acceptors (Lipinski definition) is 5. The van der Waals surface area contributed by atoms with Crippen LogP contribution in [-0.4, -0.2) is 26.2 Å². The first-order valence-electron chi connectivity index (χ1n) is 5.33. The zero-order valence-corrected chi connectivity index (χ0v) is 10.1. The number of esters is 2. The van der Waals surface area contributed by atoms with Crippen LogP contribution in [0.4, 0.5) is 0 Å². The summed E-state index contributed by atoms with van der Waals surface area (Å²) in [5, 5.41) is 0.711. The summed E-state index contributed by atoms with van der Waals surface area (Å²) in [6.45, 7) is 0. The Labute approximate surface area is 103 Å². The van der Waals surface area contributed by atoms with Crippen LogP contribution in [-0.2, 0) is 20.7 Å². The number of carbonyl (C=O) groups is 2. The van der Waals surface area contributed by atoms with Crippen LogP contribution in [0, 0.1) is 0 Å². The number of rotatable bonds is 3. The van der Waals surface area contributed by atoms with Gasteiger partial charge in [0.2, 0.25) is 5.76 Å². The van der Waals surface area contributed by atoms with E-state index in [2.05, 4.69) is 9.47 Å². The van der Waals surface area contributed by atoms with Gasteiger partial charge in [-0.1, -0.05) is 18.2 Å². The quantitative estimate of drug-likeness (QED) is 0.776. The number of furan rings is 1. The second kappa shape index (κ2) is 4.91. The van der Waals surface area contributed by atoms with Crippen LogP contribution in [0.25, 0.3) is 11.0 Å². The molecular formula is C13H12O5. The second-order valence-electron chi connectivity index (χ2n) is 3.65. The second-order valence-corrected chi connectivity index (χ2v) is 3.65. The highest BCUT2D eigenvalue weighted by molar-refractivity contribution is 5.98. The smallest absolute Gasteiger partial charge is 0.374 e. The van der Waals surface area contributed by atoms with E-state index < -0.39 is 11.9 Å². The molecule has 0 saturated carbocycles. The fourth-order valence-electron chi connectivity index (χ4n) is 1.75. The molecule has 94 valence electrons. The standard InChI is InChI=1S/C13H12O5/c1-16-11(14)7-9-8-5-3-4-6-10(8)18-12(9)13(15)17-2/h3-6H,7H2,1-2H3. The average Bonchev–Trinajstić information content (AvgIpc) is 2.77. The van der Waals surface area contributed by atoms with Gasteiger partial charge in [0.25, 0.3) is 0 Å². The molecule has 0 aliphatic carbocycles. The van der Waals surface area contributed by atoms with Crippen molar-refractivity contribution in [3.63, 3.8) is 0 Å². The van der Waals surface area contributed by atoms with Gasteiger partial charge in [0.05, 0.1) is 20.6 Å². The molecule has 0 aliphatic rings. The minimum Gasteiger partial charge on any atom is -0.469 e. The van der Waals surface area contributed by atoms with Gasteiger partial charge in [-0.3, -0.25) is 4.79 Å². The van der Waals surface area contributed by atoms with Crippen molar-refractivity contribution in [2.75, 3.05) is 14.2 Å². The Morgan fingerprint density at radius 1 is 1.17 bits per heavy atom. The topological polar surface area (TPSA) is 65.7 Å². The highest BCUT2D eigenvalue weighted by atomic mass is 16.5. The van der Waals surface area contributed by atoms with E-state index in [4.69, 9.17) is 4.42 Å². The number of para-hydroxylation sites is 1. The molecule has 1 aromatic heterocycles. The van der Waals surface area contributed by atoms with Crippen LogP contribution in [0.2, 0.25) is 0 Å². The molecule has 0 N–H and O–H groups in total. The highest BCUT2D eigenvalue weighted by Crippen LogP contribution is 2.27. The SMILES string of the molecule is COC(=O)Cc1c(C(=O)OC)oc2ccccc12. The Hall–Kier alpha value is -2.30. The molecule has 0 aliphatic heterocycles. The van der Waals surface area contributed by atoms with Gasteiger partial charge in [0.1, 0.15) is 5.58 Å². The van der Waals surface area contributed by atoms with E-state index >= 15 is 0 Å². The normalized spacial score (nSPS) is 10.3. The van der Waals surface area contributed by atoms with Gasteiger partial charge in [-0.15, -0.1) is 0 Å². The van der Waals surface area contributed by atoms with Crippen LogP contribution < -0.4 is 0 Å². The molecule has 0 fully saturated rings. The van der Waals surface area contributed by atoms with Gasteiger partial charge in [-0.05, 0) is 6.07 Å². The first-order chi connectivity index (χ1) is 8.67. The van der Waals surface area contributed by atoms with Crippen molar-refractivity contribution in [3.8, 4) is 0 Å². The largest absolute Gasteiger partial charge is 0.469 e. The maximum absolute atomic E-state index is 11.6. The molecule has 0 unspecified atom stereocenters. The van der Waals surface area contributed by atoms with Crippen molar-refractivity contribution >= 4 is 22.9 Å². The number of fused-ring (bicyclic) bond motifs is 1. The molecule has 0 spiro atoms. The van der Waals surface area contributed by atoms with E-state index in [0.29, 0.717) is 16.5 Å². The zero-order chi connectivity index (χ0) is 13.1. The predicted octanol–water partition coefficient (Wildman–Crippen LogP) is 1.93. The monoisotopic (exact) mass is 248 g/mol. The lowest BCUT2D eigenvalue weighted by Crippen LogP contribution is -2.09. The predicted molar refractivity (Wildman–Crippen MR) is 63.3 cm³/mol. The minimum absolute atomic E-state index is 0.0298. The van der Waals surface area contributed by atoms with Gasteiger partial charge >= 0.3 is 11.9 Å². The molecule has 1 aromatic carbocycles. The molecule has 0 bridgehead atoms. The van der Waals surface area contributed by atoms with E-state index in [1.165, 1.54) is 14.2 Å². The number of methoxy groups -OCH3 is 2. The number of hydrogen-bond donors (Lipinski definition) is 0. The van der Waals surface area contributed by atoms with E-state index in [9.17, 15) is 9.59 Å². The molecule has 0 atom stereocenters. The molecule has 1 heterocycles. The first-order valence-corrected chi connectivity index (χ1v) is 5.33. The lowest BCUT2D eigenvalue weighted by Gasteiger charge is -2.00. The van der Waals surface area contributed by atoms with Crippen molar-refractivity contribution in [3.05, 3.63) is 35.6 Å². The average molecular weight is 248 g/mol. The van der Waals surface area contributed by atoms with Crippen LogP contribution in [0.1, 0.15) is 16.1 Å². The third-order valence-electron chi connectivity index (χ3n) is 2.62. The van der Waals surface area contributed by atoms with Crippen molar-refractivity contribution in [2.45, 2.75) is 6.42 Å². The van der Waals surface area contributed by atoms with Crippen molar-refractivity contribution in [2.24, 2.45) is 0 Å². The molecule has 5 nitrogen and oxygen atoms in total. The summed E-state index contributed by atoms with van der Waals surface area (Å²) in [5.74, 6) is -0.999. The Kier molecular flexibility index (Phi) is 3.32. The van der Waals surface area contributed by atoms with Crippen molar-refractivity contribution in [1.82, 2.24) is 0 Å². The molecule has 0 radical (unpaired) electrons. The molecule has 2 rings (SSSR count). The highest BCUT2D eigenvalue weighted by Gasteiger charge is 2.22. The molecule has 2 aromatic rings. The summed E-state index contributed by atoms with van der Waals surface area (Å²) in [4.78, 5) is 23.0. The molecular weight excluding hydrogens is 236 g/mol. The fourth-order valence-corrected chi connectivity index (χ4v) is 1.75. The zero-order valence-electron chi connectivity index (χ0n) is 10.1. The molecule has 0 saturated heterocycles. The summed E-state index contributed by atoms with van der Waals surface area (Å²) in [6, 6.07) is 7.10. The van der Waals surface area contributed by atoms with Gasteiger partial charge in [-0.2, -0.15) is 0 Å². The van der Waals surface area contributed by atoms with Gasteiger partial charge < -0.3 is 13.9 Å². The maximum Gasteiger partial charge on any atom is 0.374 e. The van der Waals surface area contributed by atoms with E-state index in [0.717, 1.165) is 0 Å². The Morgan fingerprint density at radius 3 is 2.56 bits per heavy atom. The summed E-state index contributed by atoms with van der Waals surface area (Å²) < 4.78 is 14.7. The van der Waals surface area contributed by atoms with Crippen LogP contribution in [0.3, 0.4) is 0 Å². The van der Waals surface area contributed by atoms with Gasteiger partial charge in [0.15, 0.2) is 0 Å². The van der Waals surface area contributed by atoms with E-state index in [-0.39, 0.29) is 12.2 Å². The minimum atomic E-state index is -0.606. The van der Waals surface area contributed by atoms with E-state index in [1.54, 1.807) is 24.3 Å². The summed E-state index contributed by atoms with van der Waals surface area (Å²) in [7, 11) is 2.56. The van der Waals surface area contributed by atoms with Crippen LogP contribution in [0.5, 0.6) is 0 Å². The van der Waals surface area contributed by atoms with E-state index in [1.807, 2.05) is 0 Å². The Balaban J connectivity index is 2.57. The Bertz CT molecular complexity index is 596. The summed E-state index contributed by atoms with van der Waals surface area (Å²) >= 11 is 0. The fraction of sp³-hybridized carbons (Fsp3) is 0.231. The molecule has 0 amide bonds. The van der Waals surface area contributed by atoms with Crippen molar-refractivity contribution in [1.29, 1.82) is 0 Å². The van der Waals surface area contributed by atoms with Crippen LogP contribution >= 0.6 is 0 Å². The lowest BCUT2D eigenvalue weighted by atomic mass is 10.1. The van der Waals surface area contributed by atoms with Gasteiger partial charge in [0, 0.05) is 10.9 Å². The van der Waals surface area contributed by atoms with Gasteiger partial charge in [-0.25, -0.2) is 4.79 Å². The van der Waals surface area contributed by atoms with Crippen molar-refractivity contribution < 1.29 is 23.5 Å².